The number of carbonyl (C=O) groups is 4. The van der Waals surface area contributed by atoms with Gasteiger partial charge in [0.25, 0.3) is 0 Å². The van der Waals surface area contributed by atoms with Gasteiger partial charge >= 0.3 is 23.9 Å². The molecule has 6 aromatic rings. The predicted octanol–water partition coefficient (Wildman–Crippen LogP) is 14.5. The number of benzene rings is 2. The predicted molar refractivity (Wildman–Crippen MR) is 452 cm³/mol. The fourth-order valence-electron chi connectivity index (χ4n) is 11.9. The number of anilines is 9. The van der Waals surface area contributed by atoms with E-state index in [2.05, 4.69) is 137 Å². The van der Waals surface area contributed by atoms with Crippen LogP contribution in [0, 0.1) is 21.7 Å². The molecule has 0 bridgehead atoms. The van der Waals surface area contributed by atoms with Crippen molar-refractivity contribution in [2.75, 3.05) is 101 Å². The van der Waals surface area contributed by atoms with Gasteiger partial charge in [-0.2, -0.15) is 30.1 Å². The van der Waals surface area contributed by atoms with Gasteiger partial charge in [-0.1, -0.05) is 74.8 Å². The molecule has 36 heteroatoms. The molecule has 4 saturated heterocycles. The zero-order chi connectivity index (χ0) is 83.6. The van der Waals surface area contributed by atoms with Crippen LogP contribution in [0.1, 0.15) is 214 Å². The van der Waals surface area contributed by atoms with Crippen LogP contribution in [0.15, 0.2) is 68.2 Å². The number of rotatable bonds is 17. The summed E-state index contributed by atoms with van der Waals surface area (Å²) < 4.78 is 22.0. The maximum absolute atomic E-state index is 12.1. The van der Waals surface area contributed by atoms with Crippen molar-refractivity contribution < 1.29 is 38.1 Å². The maximum Gasteiger partial charge on any atom is 0.306 e. The van der Waals surface area contributed by atoms with Crippen LogP contribution in [-0.4, -0.2) is 159 Å². The molecule has 0 amide bonds. The van der Waals surface area contributed by atoms with Crippen molar-refractivity contribution in [2.24, 2.45) is 21.7 Å². The first-order valence-electron chi connectivity index (χ1n) is 37.5. The molecule has 0 spiro atoms. The van der Waals surface area contributed by atoms with Crippen LogP contribution in [0.25, 0.3) is 0 Å². The third kappa shape index (κ3) is 35.5. The van der Waals surface area contributed by atoms with Gasteiger partial charge < -0.3 is 73.4 Å². The summed E-state index contributed by atoms with van der Waals surface area (Å²) in [4.78, 5) is 71.7. The normalized spacial score (nSPS) is 16.4. The van der Waals surface area contributed by atoms with Gasteiger partial charge in [0.15, 0.2) is 21.3 Å². The molecule has 10 rings (SSSR count). The van der Waals surface area contributed by atoms with Gasteiger partial charge in [-0.25, -0.2) is 0 Å². The first-order chi connectivity index (χ1) is 52.0. The van der Waals surface area contributed by atoms with Crippen molar-refractivity contribution in [3.05, 3.63) is 68.7 Å². The van der Waals surface area contributed by atoms with Gasteiger partial charge in [0, 0.05) is 74.7 Å². The van der Waals surface area contributed by atoms with Crippen LogP contribution in [0.3, 0.4) is 0 Å². The van der Waals surface area contributed by atoms with Crippen LogP contribution < -0.4 is 54.4 Å². The minimum absolute atomic E-state index is 0.0627. The number of hydrogen-bond donors (Lipinski definition) is 8. The Hall–Kier alpha value is -7.43. The van der Waals surface area contributed by atoms with E-state index in [0.717, 1.165) is 139 Å². The number of thiol groups is 1. The lowest BCUT2D eigenvalue weighted by molar-refractivity contribution is -0.156. The monoisotopic (exact) mass is 1710 g/mol. The first-order valence-corrected chi connectivity index (χ1v) is 40.7. The van der Waals surface area contributed by atoms with Gasteiger partial charge in [-0.15, -0.1) is 43.2 Å². The van der Waals surface area contributed by atoms with E-state index in [-0.39, 0.29) is 56.8 Å². The number of nitrogens with one attached hydrogen (secondary N) is 1. The minimum Gasteiger partial charge on any atom is -0.460 e. The lowest BCUT2D eigenvalue weighted by Crippen LogP contribution is -2.40. The first kappa shape index (κ1) is 95.2. The molecule has 4 fully saturated rings. The maximum atomic E-state index is 12.1. The number of nitrogens with zero attached hydrogens (tertiary/aromatic N) is 15. The van der Waals surface area contributed by atoms with Crippen LogP contribution in [0.2, 0.25) is 15.3 Å². The Morgan fingerprint density at radius 1 is 0.473 bits per heavy atom. The molecule has 30 nitrogen and oxygen atoms in total. The second-order valence-electron chi connectivity index (χ2n) is 33.7. The third-order valence-electron chi connectivity index (χ3n) is 18.6. The standard InChI is InChI=1S/C22H31ClN6O2S.C16H26BrN5O2.C16H27N5O2.C13H25NO2.C6H6ClNS.C3H3ClN4/c1-21(2,3)31-16(30)8-9-22(4)10-12-29(13-11-22)20-26-18(25)19(27-28-20)32-15-7-5-6-14(24)17(15)23;1-15(2,3)24-11(23)5-6-16(4)7-9-22(10-8-16)14-19-13(18)12(17)20-21-14;1-15(2,3)23-13(22)5-6-16(4)7-9-21(10-8-16)14-19-12(17)11-18-20-14;1-12(2,3)16-11(15)5-6-13(4)7-9-14-10-8-13;7-6-4(8)2-1-3-5(6)9;4-3-7-2(5)1-6-8-3/h5-7H,8-13,24H2,1-4H3,(H2,25,26,28);5-10H2,1-4H3,(H2,18,19,21);11H,5-10H2,1-4H3,(H2,17,19,20);14H,5-10H2,1-4H3;1-3,9H,8H2;1H,(H2,5,7,8). The summed E-state index contributed by atoms with van der Waals surface area (Å²) in [6.45, 7) is 38.8. The highest BCUT2D eigenvalue weighted by Crippen LogP contribution is 2.42. The van der Waals surface area contributed by atoms with E-state index >= 15 is 0 Å². The van der Waals surface area contributed by atoms with Crippen molar-refractivity contribution in [1.29, 1.82) is 0 Å². The third-order valence-corrected chi connectivity index (χ3v) is 21.9. The number of nitrogen functional groups attached to an aromatic ring is 6. The minimum atomic E-state index is -0.450. The fourth-order valence-corrected chi connectivity index (χ4v) is 13.6. The van der Waals surface area contributed by atoms with Crippen molar-refractivity contribution in [2.45, 2.75) is 251 Å². The Kier molecular flexibility index (Phi) is 36.4. The molecular formula is C76H118BrCl3N22O8S2. The molecule has 4 aliphatic heterocycles. The van der Waals surface area contributed by atoms with Crippen molar-refractivity contribution >= 4 is 151 Å². The van der Waals surface area contributed by atoms with Crippen LogP contribution in [0.4, 0.5) is 52.5 Å². The quantitative estimate of drug-likeness (QED) is 0.0182. The molecule has 8 heterocycles. The highest BCUT2D eigenvalue weighted by molar-refractivity contribution is 9.10. The van der Waals surface area contributed by atoms with Crippen LogP contribution in [-0.2, 0) is 38.1 Å². The van der Waals surface area contributed by atoms with E-state index in [1.54, 1.807) is 18.2 Å². The molecule has 0 aliphatic carbocycles. The average Bonchev–Trinajstić information content (AvgIpc) is 0.826. The number of piperidine rings is 4. The lowest BCUT2D eigenvalue weighted by atomic mass is 9.77. The van der Waals surface area contributed by atoms with Gasteiger partial charge in [-0.3, -0.25) is 19.2 Å². The number of halogens is 4. The van der Waals surface area contributed by atoms with E-state index < -0.39 is 16.8 Å². The zero-order valence-corrected chi connectivity index (χ0v) is 73.5. The highest BCUT2D eigenvalue weighted by Gasteiger charge is 2.36. The lowest BCUT2D eigenvalue weighted by Gasteiger charge is -2.39. The summed E-state index contributed by atoms with van der Waals surface area (Å²) >= 11 is 25.8. The molecule has 0 radical (unpaired) electrons. The SMILES string of the molecule is CC1(CCC(=O)OC(C)(C)C)CCN(c2nnc(Br)c(N)n2)CC1.CC1(CCC(=O)OC(C)(C)C)CCN(c2nnc(Sc3cccc(N)c3Cl)c(N)n2)CC1.CC1(CCC(=O)OC(C)(C)C)CCN(c2nncc(N)n2)CC1.CC1(CCC(=O)OC(C)(C)C)CCNCC1.Nc1cccc(S)c1Cl.Nc1cnnc(Cl)n1. The zero-order valence-electron chi connectivity index (χ0n) is 67.9. The molecule has 0 saturated carbocycles. The molecule has 0 atom stereocenters. The summed E-state index contributed by atoms with van der Waals surface area (Å²) in [7, 11) is 0. The molecule has 112 heavy (non-hydrogen) atoms. The number of aromatic nitrogens is 12. The molecular weight excluding hydrogens is 1600 g/mol. The number of esters is 4. The number of nitrogens with two attached hydrogens (primary N) is 6. The fraction of sp³-hybridized carbons (Fsp3) is 0.632. The van der Waals surface area contributed by atoms with E-state index in [1.165, 1.54) is 24.2 Å². The number of hydrogen-bond acceptors (Lipinski definition) is 32. The molecule has 4 aromatic heterocycles. The van der Waals surface area contributed by atoms with E-state index in [9.17, 15) is 19.2 Å². The average molecular weight is 1720 g/mol. The van der Waals surface area contributed by atoms with E-state index in [0.29, 0.717) is 97.4 Å². The Bertz CT molecular complexity index is 3970. The van der Waals surface area contributed by atoms with Gasteiger partial charge in [0.1, 0.15) is 34.0 Å². The summed E-state index contributed by atoms with van der Waals surface area (Å²) in [5.74, 6) is 2.52. The van der Waals surface area contributed by atoms with Crippen LogP contribution >= 0.6 is 75.1 Å². The van der Waals surface area contributed by atoms with Crippen LogP contribution in [0.5, 0.6) is 0 Å². The Morgan fingerprint density at radius 3 is 1.16 bits per heavy atom. The topological polar surface area (TPSA) is 438 Å². The van der Waals surface area contributed by atoms with Gasteiger partial charge in [0.2, 0.25) is 23.1 Å². The van der Waals surface area contributed by atoms with Crippen molar-refractivity contribution in [3.63, 3.8) is 0 Å². The second-order valence-corrected chi connectivity index (χ2v) is 37.0. The van der Waals surface area contributed by atoms with E-state index in [4.69, 9.17) is 88.2 Å². The summed E-state index contributed by atoms with van der Waals surface area (Å²) in [6, 6.07) is 10.7. The molecule has 620 valence electrons. The Labute approximate surface area is 693 Å². The summed E-state index contributed by atoms with van der Waals surface area (Å²) in [5, 5.41) is 36.2. The summed E-state index contributed by atoms with van der Waals surface area (Å²) in [6.07, 6.45) is 16.2. The Balaban J connectivity index is 0.000000253. The van der Waals surface area contributed by atoms with Crippen molar-refractivity contribution in [1.82, 2.24) is 66.0 Å². The molecule has 4 aliphatic rings. The molecule has 13 N–H and O–H groups in total. The number of carbonyl (C=O) groups excluding carboxylic acids is 4. The highest BCUT2D eigenvalue weighted by atomic mass is 79.9. The summed E-state index contributed by atoms with van der Waals surface area (Å²) in [5.41, 5.74) is 34.1. The number of ether oxygens (including phenoxy) is 4. The second kappa shape index (κ2) is 42.8. The smallest absolute Gasteiger partial charge is 0.306 e. The van der Waals surface area contributed by atoms with E-state index in [1.807, 2.05) is 101 Å². The van der Waals surface area contributed by atoms with Gasteiger partial charge in [0.05, 0.1) is 33.8 Å². The largest absolute Gasteiger partial charge is 0.460 e. The van der Waals surface area contributed by atoms with Crippen molar-refractivity contribution in [3.8, 4) is 0 Å². The molecule has 2 aromatic carbocycles. The Morgan fingerprint density at radius 2 is 0.821 bits per heavy atom. The van der Waals surface area contributed by atoms with Gasteiger partial charge in [-0.05, 0) is 247 Å². The molecule has 0 unspecified atom stereocenters.